The Morgan fingerprint density at radius 2 is 1.83 bits per heavy atom. The Labute approximate surface area is 241 Å². The number of amides is 3. The van der Waals surface area contributed by atoms with Gasteiger partial charge in [0.15, 0.2) is 0 Å². The summed E-state index contributed by atoms with van der Waals surface area (Å²) in [6, 6.07) is 7.26. The molecule has 1 N–H and O–H groups in total. The molecule has 1 aromatic heterocycles. The molecule has 0 spiro atoms. The normalized spacial score (nSPS) is 18.6. The zero-order valence-electron chi connectivity index (χ0n) is 21.6. The topological polar surface area (TPSA) is 119 Å². The van der Waals surface area contributed by atoms with Gasteiger partial charge in [0.05, 0.1) is 5.69 Å². The van der Waals surface area contributed by atoms with Crippen LogP contribution in [0, 0.1) is 23.0 Å². The van der Waals surface area contributed by atoms with Gasteiger partial charge in [-0.3, -0.25) is 24.2 Å². The van der Waals surface area contributed by atoms with E-state index in [2.05, 4.69) is 15.3 Å². The summed E-state index contributed by atoms with van der Waals surface area (Å²) < 4.78 is 56.2. The van der Waals surface area contributed by atoms with Crippen LogP contribution >= 0.6 is 11.6 Å². The molecule has 2 atom stereocenters. The molecule has 2 heterocycles. The van der Waals surface area contributed by atoms with Gasteiger partial charge in [0, 0.05) is 48.2 Å². The number of hydrogen-bond donors (Lipinski definition) is 1. The van der Waals surface area contributed by atoms with Crippen LogP contribution in [0.2, 0.25) is 5.02 Å². The van der Waals surface area contributed by atoms with Crippen LogP contribution in [0.3, 0.4) is 0 Å². The van der Waals surface area contributed by atoms with Gasteiger partial charge in [-0.1, -0.05) is 29.8 Å². The second-order valence-corrected chi connectivity index (χ2v) is 10.3. The number of nitrogens with one attached hydrogen (secondary N) is 1. The van der Waals surface area contributed by atoms with Crippen molar-refractivity contribution < 1.29 is 31.9 Å². The molecule has 1 saturated heterocycles. The number of carbonyl (C=O) groups excluding carboxylic acids is 3. The van der Waals surface area contributed by atoms with Crippen molar-refractivity contribution in [2.45, 2.75) is 49.7 Å². The Morgan fingerprint density at radius 3 is 2.48 bits per heavy atom. The first-order valence-corrected chi connectivity index (χ1v) is 13.1. The van der Waals surface area contributed by atoms with Gasteiger partial charge in [0.1, 0.15) is 35.5 Å². The van der Waals surface area contributed by atoms with Crippen molar-refractivity contribution in [3.8, 4) is 6.07 Å². The first kappa shape index (κ1) is 28.9. The molecule has 1 aliphatic carbocycles. The van der Waals surface area contributed by atoms with E-state index in [0.717, 1.165) is 21.9 Å². The Balaban J connectivity index is 1.63. The Kier molecular flexibility index (Phi) is 7.83. The van der Waals surface area contributed by atoms with Gasteiger partial charge in [-0.05, 0) is 30.7 Å². The summed E-state index contributed by atoms with van der Waals surface area (Å²) in [6.45, 7) is 0. The van der Waals surface area contributed by atoms with E-state index in [4.69, 9.17) is 11.6 Å². The van der Waals surface area contributed by atoms with Crippen molar-refractivity contribution in [3.05, 3.63) is 82.6 Å². The molecule has 0 radical (unpaired) electrons. The molecule has 2 aromatic carbocycles. The molecule has 2 aliphatic rings. The second-order valence-electron chi connectivity index (χ2n) is 9.90. The molecule has 2 fully saturated rings. The van der Waals surface area contributed by atoms with Crippen LogP contribution in [-0.4, -0.2) is 45.7 Å². The summed E-state index contributed by atoms with van der Waals surface area (Å²) in [7, 11) is 0. The molecule has 5 rings (SSSR count). The fourth-order valence-electron chi connectivity index (χ4n) is 5.08. The van der Waals surface area contributed by atoms with E-state index < -0.39 is 66.2 Å². The maximum absolute atomic E-state index is 14.5. The first-order valence-electron chi connectivity index (χ1n) is 12.7. The highest BCUT2D eigenvalue weighted by molar-refractivity contribution is 6.31. The third kappa shape index (κ3) is 5.75. The van der Waals surface area contributed by atoms with Crippen molar-refractivity contribution in [2.24, 2.45) is 0 Å². The number of hydrogen-bond acceptors (Lipinski definition) is 6. The highest BCUT2D eigenvalue weighted by atomic mass is 35.5. The van der Waals surface area contributed by atoms with Crippen LogP contribution in [-0.2, 0) is 14.4 Å². The summed E-state index contributed by atoms with van der Waals surface area (Å²) in [6.07, 6.45) is -0.260. The number of carbonyl (C=O) groups is 3. The Bertz CT molecular complexity index is 1590. The number of halogens is 5. The molecule has 1 unspecified atom stereocenters. The maximum atomic E-state index is 14.5. The SMILES string of the molecule is N#Cc1ccnc(N2C(=O)CCC2C(=O)N(c2cc(F)cc(F)c2)[C@H](C(=O)NC2CC(F)(F)C2)c2ccccc2Cl)n1. The predicted octanol–water partition coefficient (Wildman–Crippen LogP) is 4.46. The van der Waals surface area contributed by atoms with Gasteiger partial charge < -0.3 is 5.32 Å². The summed E-state index contributed by atoms with van der Waals surface area (Å²) in [5, 5.41) is 11.8. The van der Waals surface area contributed by atoms with Crippen LogP contribution in [0.15, 0.2) is 54.7 Å². The number of alkyl halides is 2. The highest BCUT2D eigenvalue weighted by Crippen LogP contribution is 2.40. The number of aromatic nitrogens is 2. The monoisotopic (exact) mass is 600 g/mol. The van der Waals surface area contributed by atoms with Gasteiger partial charge in [0.25, 0.3) is 11.8 Å². The number of nitriles is 1. The van der Waals surface area contributed by atoms with Gasteiger partial charge in [-0.15, -0.1) is 0 Å². The van der Waals surface area contributed by atoms with Gasteiger partial charge >= 0.3 is 0 Å². The van der Waals surface area contributed by atoms with Crippen molar-refractivity contribution >= 4 is 41.0 Å². The predicted molar refractivity (Wildman–Crippen MR) is 141 cm³/mol. The lowest BCUT2D eigenvalue weighted by molar-refractivity contribution is -0.133. The number of anilines is 2. The van der Waals surface area contributed by atoms with E-state index in [0.29, 0.717) is 6.07 Å². The van der Waals surface area contributed by atoms with E-state index >= 15 is 0 Å². The third-order valence-corrected chi connectivity index (χ3v) is 7.32. The van der Waals surface area contributed by atoms with Crippen molar-refractivity contribution in [1.29, 1.82) is 5.26 Å². The van der Waals surface area contributed by atoms with Crippen LogP contribution in [0.5, 0.6) is 0 Å². The first-order chi connectivity index (χ1) is 20.0. The Hall–Kier alpha value is -4.57. The lowest BCUT2D eigenvalue weighted by Crippen LogP contribution is -2.56. The molecule has 14 heteroatoms. The average Bonchev–Trinajstić information content (AvgIpc) is 3.31. The van der Waals surface area contributed by atoms with Crippen LogP contribution < -0.4 is 15.1 Å². The van der Waals surface area contributed by atoms with Crippen molar-refractivity contribution in [3.63, 3.8) is 0 Å². The minimum absolute atomic E-state index is 0.00988. The van der Waals surface area contributed by atoms with Crippen LogP contribution in [0.25, 0.3) is 0 Å². The largest absolute Gasteiger partial charge is 0.351 e. The minimum atomic E-state index is -2.97. The van der Waals surface area contributed by atoms with Gasteiger partial charge in [-0.2, -0.15) is 5.26 Å². The summed E-state index contributed by atoms with van der Waals surface area (Å²) in [4.78, 5) is 50.9. The summed E-state index contributed by atoms with van der Waals surface area (Å²) in [5.74, 6) is -7.80. The van der Waals surface area contributed by atoms with Crippen molar-refractivity contribution in [2.75, 3.05) is 9.80 Å². The average molecular weight is 601 g/mol. The molecule has 0 bridgehead atoms. The summed E-state index contributed by atoms with van der Waals surface area (Å²) >= 11 is 6.43. The zero-order valence-corrected chi connectivity index (χ0v) is 22.4. The number of rotatable bonds is 7. The Morgan fingerprint density at radius 1 is 1.14 bits per heavy atom. The summed E-state index contributed by atoms with van der Waals surface area (Å²) in [5.41, 5.74) is -0.428. The van der Waals surface area contributed by atoms with Crippen LogP contribution in [0.4, 0.5) is 29.2 Å². The number of nitrogens with zero attached hydrogens (tertiary/aromatic N) is 5. The van der Waals surface area contributed by atoms with E-state index in [1.165, 1.54) is 30.5 Å². The van der Waals surface area contributed by atoms with Crippen molar-refractivity contribution in [1.82, 2.24) is 15.3 Å². The quantitative estimate of drug-likeness (QED) is 0.400. The molecular weight excluding hydrogens is 580 g/mol. The standard InChI is InChI=1S/C28H21ClF4N6O3/c29-21-4-2-1-3-20(21)24(25(41)36-18-12-28(32,33)13-18)38(19-10-15(30)9-16(31)11-19)26(42)22-5-6-23(40)39(22)27-35-8-7-17(14-34)37-27/h1-4,7-11,18,22,24H,5-6,12-13H2,(H,36,41)/t22?,24-/m0/s1. The molecule has 3 aromatic rings. The number of benzene rings is 2. The lowest BCUT2D eigenvalue weighted by atomic mass is 9.87. The third-order valence-electron chi connectivity index (χ3n) is 6.98. The molecular formula is C28H21ClF4N6O3. The van der Waals surface area contributed by atoms with Crippen LogP contribution in [0.1, 0.15) is 43.0 Å². The van der Waals surface area contributed by atoms with E-state index in [1.54, 1.807) is 6.07 Å². The highest BCUT2D eigenvalue weighted by Gasteiger charge is 2.49. The van der Waals surface area contributed by atoms with E-state index in [1.807, 2.05) is 6.07 Å². The lowest BCUT2D eigenvalue weighted by Gasteiger charge is -2.39. The molecule has 1 saturated carbocycles. The van der Waals surface area contributed by atoms with Gasteiger partial charge in [-0.25, -0.2) is 27.5 Å². The smallest absolute Gasteiger partial charge is 0.252 e. The molecule has 3 amide bonds. The zero-order chi connectivity index (χ0) is 30.2. The second kappa shape index (κ2) is 11.4. The minimum Gasteiger partial charge on any atom is -0.351 e. The van der Waals surface area contributed by atoms with E-state index in [-0.39, 0.29) is 40.8 Å². The molecule has 216 valence electrons. The fourth-order valence-corrected chi connectivity index (χ4v) is 5.31. The van der Waals surface area contributed by atoms with E-state index in [9.17, 15) is 37.2 Å². The molecule has 1 aliphatic heterocycles. The molecule has 9 nitrogen and oxygen atoms in total. The molecule has 42 heavy (non-hydrogen) atoms. The maximum Gasteiger partial charge on any atom is 0.252 e. The fraction of sp³-hybridized carbons (Fsp3) is 0.286. The van der Waals surface area contributed by atoms with Gasteiger partial charge in [0.2, 0.25) is 17.8 Å².